The molecule has 0 aliphatic carbocycles. The molecule has 4 nitrogen and oxygen atoms in total. The van der Waals surface area contributed by atoms with E-state index in [2.05, 4.69) is 62.5 Å². The molecule has 1 atom stereocenters. The summed E-state index contributed by atoms with van der Waals surface area (Å²) in [5.74, 6) is -0.210. The minimum Gasteiger partial charge on any atom is -0.457 e. The summed E-state index contributed by atoms with van der Waals surface area (Å²) in [5.41, 5.74) is 0. The number of carbonyl (C=O) groups excluding carboxylic acids is 1. The van der Waals surface area contributed by atoms with Crippen molar-refractivity contribution in [3.63, 3.8) is 0 Å². The first-order valence-corrected chi connectivity index (χ1v) is 17.7. The van der Waals surface area contributed by atoms with Gasteiger partial charge >= 0.3 is 5.97 Å². The second-order valence-corrected chi connectivity index (χ2v) is 11.6. The molecule has 244 valence electrons. The van der Waals surface area contributed by atoms with Crippen molar-refractivity contribution >= 4 is 5.97 Å². The Labute approximate surface area is 261 Å². The lowest BCUT2D eigenvalue weighted by Gasteiger charge is -2.16. The van der Waals surface area contributed by atoms with Gasteiger partial charge in [-0.15, -0.1) is 0 Å². The molecule has 0 aromatic carbocycles. The maximum atomic E-state index is 12.0. The van der Waals surface area contributed by atoms with Crippen LogP contribution in [0.15, 0.2) is 48.6 Å². The predicted octanol–water partition coefficient (Wildman–Crippen LogP) is 11.1. The molecule has 42 heavy (non-hydrogen) atoms. The Hall–Kier alpha value is -1.65. The molecule has 0 saturated carbocycles. The standard InChI is InChI=1S/C38H68O4/c1-3-5-7-9-11-13-14-15-16-17-18-19-20-21-22-23-24-25-26-28-30-32-34-41-36-37(35-39)42-38(40)33-31-29-27-12-10-8-6-4-2/h5,7,11,13,15-16,18-19,37,39H,3-4,6,8-10,12,14,17,20-36H2,1-2H3/b7-5-,13-11-,16-15-,19-18-. The zero-order valence-electron chi connectivity index (χ0n) is 27.8. The molecule has 0 spiro atoms. The van der Waals surface area contributed by atoms with E-state index < -0.39 is 6.10 Å². The topological polar surface area (TPSA) is 55.8 Å². The second kappa shape index (κ2) is 35.5. The van der Waals surface area contributed by atoms with Crippen LogP contribution < -0.4 is 0 Å². The van der Waals surface area contributed by atoms with E-state index >= 15 is 0 Å². The third-order valence-corrected chi connectivity index (χ3v) is 7.42. The van der Waals surface area contributed by atoms with E-state index in [1.165, 1.54) is 96.3 Å². The highest BCUT2D eigenvalue weighted by Gasteiger charge is 2.13. The molecule has 1 unspecified atom stereocenters. The highest BCUT2D eigenvalue weighted by atomic mass is 16.6. The van der Waals surface area contributed by atoms with Crippen molar-refractivity contribution in [2.24, 2.45) is 0 Å². The number of ether oxygens (including phenoxy) is 2. The molecular weight excluding hydrogens is 520 g/mol. The van der Waals surface area contributed by atoms with Crippen LogP contribution in [0.25, 0.3) is 0 Å². The van der Waals surface area contributed by atoms with Crippen LogP contribution >= 0.6 is 0 Å². The van der Waals surface area contributed by atoms with Gasteiger partial charge < -0.3 is 14.6 Å². The maximum Gasteiger partial charge on any atom is 0.306 e. The van der Waals surface area contributed by atoms with Gasteiger partial charge in [-0.05, 0) is 51.4 Å². The van der Waals surface area contributed by atoms with E-state index in [1.807, 2.05) is 0 Å². The molecule has 0 aliphatic heterocycles. The molecule has 0 aromatic rings. The van der Waals surface area contributed by atoms with Crippen molar-refractivity contribution in [1.29, 1.82) is 0 Å². The minimum absolute atomic E-state index is 0.174. The smallest absolute Gasteiger partial charge is 0.306 e. The molecule has 0 aromatic heterocycles. The molecule has 1 N–H and O–H groups in total. The first-order valence-electron chi connectivity index (χ1n) is 17.7. The Balaban J connectivity index is 3.43. The number of aliphatic hydroxyl groups excluding tert-OH is 1. The van der Waals surface area contributed by atoms with Gasteiger partial charge in [0.2, 0.25) is 0 Å². The fourth-order valence-electron chi connectivity index (χ4n) is 4.79. The number of rotatable bonds is 32. The summed E-state index contributed by atoms with van der Waals surface area (Å²) in [7, 11) is 0. The molecule has 0 amide bonds. The van der Waals surface area contributed by atoms with Crippen LogP contribution in [0, 0.1) is 0 Å². The van der Waals surface area contributed by atoms with Gasteiger partial charge in [0.05, 0.1) is 13.2 Å². The van der Waals surface area contributed by atoms with Gasteiger partial charge in [-0.2, -0.15) is 0 Å². The fourth-order valence-corrected chi connectivity index (χ4v) is 4.79. The van der Waals surface area contributed by atoms with Crippen LogP contribution in [0.3, 0.4) is 0 Å². The first kappa shape index (κ1) is 40.4. The van der Waals surface area contributed by atoms with E-state index in [1.54, 1.807) is 0 Å². The Morgan fingerprint density at radius 1 is 0.595 bits per heavy atom. The Bertz CT molecular complexity index is 664. The quantitative estimate of drug-likeness (QED) is 0.0482. The van der Waals surface area contributed by atoms with Crippen molar-refractivity contribution in [2.75, 3.05) is 19.8 Å². The van der Waals surface area contributed by atoms with Crippen LogP contribution in [0.2, 0.25) is 0 Å². The normalized spacial score (nSPS) is 12.9. The Morgan fingerprint density at radius 2 is 1.07 bits per heavy atom. The summed E-state index contributed by atoms with van der Waals surface area (Å²) in [6, 6.07) is 0. The van der Waals surface area contributed by atoms with Crippen molar-refractivity contribution in [1.82, 2.24) is 0 Å². The number of allylic oxidation sites excluding steroid dienone is 8. The van der Waals surface area contributed by atoms with Crippen LogP contribution in [0.1, 0.15) is 162 Å². The molecule has 0 bridgehead atoms. The van der Waals surface area contributed by atoms with E-state index in [0.717, 1.165) is 44.9 Å². The first-order chi connectivity index (χ1) is 20.7. The van der Waals surface area contributed by atoms with Crippen LogP contribution in [-0.4, -0.2) is 37.0 Å². The second-order valence-electron chi connectivity index (χ2n) is 11.6. The SMILES string of the molecule is CC/C=C\C/C=C\C/C=C\C/C=C\CCCCCCCCCCCOCC(CO)OC(=O)CCCCCCCCCC. The van der Waals surface area contributed by atoms with Crippen molar-refractivity contribution in [2.45, 2.75) is 168 Å². The van der Waals surface area contributed by atoms with Gasteiger partial charge in [0.25, 0.3) is 0 Å². The van der Waals surface area contributed by atoms with Gasteiger partial charge in [-0.3, -0.25) is 4.79 Å². The molecule has 0 fully saturated rings. The summed E-state index contributed by atoms with van der Waals surface area (Å²) in [4.78, 5) is 12.0. The number of carbonyl (C=O) groups is 1. The van der Waals surface area contributed by atoms with Crippen LogP contribution in [0.5, 0.6) is 0 Å². The molecule has 4 heteroatoms. The highest BCUT2D eigenvalue weighted by molar-refractivity contribution is 5.69. The summed E-state index contributed by atoms with van der Waals surface area (Å²) in [6.07, 6.45) is 44.4. The van der Waals surface area contributed by atoms with Crippen molar-refractivity contribution in [3.8, 4) is 0 Å². The monoisotopic (exact) mass is 589 g/mol. The number of aliphatic hydroxyl groups is 1. The van der Waals surface area contributed by atoms with E-state index in [4.69, 9.17) is 9.47 Å². The van der Waals surface area contributed by atoms with Gasteiger partial charge in [0.1, 0.15) is 6.10 Å². The average Bonchev–Trinajstić information content (AvgIpc) is 3.00. The molecule has 0 aliphatic rings. The Kier molecular flexibility index (Phi) is 34.1. The van der Waals surface area contributed by atoms with Gasteiger partial charge in [-0.1, -0.05) is 152 Å². The average molecular weight is 589 g/mol. The lowest BCUT2D eigenvalue weighted by Crippen LogP contribution is -2.27. The summed E-state index contributed by atoms with van der Waals surface area (Å²) < 4.78 is 11.1. The third kappa shape index (κ3) is 32.9. The largest absolute Gasteiger partial charge is 0.457 e. The fraction of sp³-hybridized carbons (Fsp3) is 0.763. The molecule has 0 heterocycles. The van der Waals surface area contributed by atoms with Crippen molar-refractivity contribution < 1.29 is 19.4 Å². The van der Waals surface area contributed by atoms with Gasteiger partial charge in [0.15, 0.2) is 0 Å². The number of hydrogen-bond donors (Lipinski definition) is 1. The number of hydrogen-bond acceptors (Lipinski definition) is 4. The van der Waals surface area contributed by atoms with Gasteiger partial charge in [0, 0.05) is 13.0 Å². The lowest BCUT2D eigenvalue weighted by atomic mass is 10.1. The molecular formula is C38H68O4. The number of esters is 1. The molecule has 0 saturated heterocycles. The van der Waals surface area contributed by atoms with E-state index in [9.17, 15) is 9.90 Å². The minimum atomic E-state index is -0.533. The summed E-state index contributed by atoms with van der Waals surface area (Å²) in [6.45, 7) is 5.19. The van der Waals surface area contributed by atoms with Crippen LogP contribution in [-0.2, 0) is 14.3 Å². The maximum absolute atomic E-state index is 12.0. The summed E-state index contributed by atoms with van der Waals surface area (Å²) >= 11 is 0. The van der Waals surface area contributed by atoms with E-state index in [-0.39, 0.29) is 12.6 Å². The van der Waals surface area contributed by atoms with Gasteiger partial charge in [-0.25, -0.2) is 0 Å². The molecule has 0 rings (SSSR count). The summed E-state index contributed by atoms with van der Waals surface area (Å²) in [5, 5.41) is 9.50. The zero-order chi connectivity index (χ0) is 30.6. The molecule has 0 radical (unpaired) electrons. The predicted molar refractivity (Wildman–Crippen MR) is 182 cm³/mol. The third-order valence-electron chi connectivity index (χ3n) is 7.42. The number of unbranched alkanes of at least 4 members (excludes halogenated alkanes) is 16. The van der Waals surface area contributed by atoms with Crippen molar-refractivity contribution in [3.05, 3.63) is 48.6 Å². The highest BCUT2D eigenvalue weighted by Crippen LogP contribution is 2.12. The van der Waals surface area contributed by atoms with E-state index in [0.29, 0.717) is 19.6 Å². The zero-order valence-corrected chi connectivity index (χ0v) is 27.8. The Morgan fingerprint density at radius 3 is 1.62 bits per heavy atom. The van der Waals surface area contributed by atoms with Crippen LogP contribution in [0.4, 0.5) is 0 Å². The lowest BCUT2D eigenvalue weighted by molar-refractivity contribution is -0.154.